The van der Waals surface area contributed by atoms with Crippen molar-refractivity contribution in [3.8, 4) is 0 Å². The van der Waals surface area contributed by atoms with E-state index in [4.69, 9.17) is 10.5 Å². The van der Waals surface area contributed by atoms with Crippen molar-refractivity contribution in [1.29, 1.82) is 0 Å². The van der Waals surface area contributed by atoms with E-state index in [2.05, 4.69) is 17.1 Å². The summed E-state index contributed by atoms with van der Waals surface area (Å²) in [5.74, 6) is 0. The smallest absolute Gasteiger partial charge is 0.0871 e. The maximum Gasteiger partial charge on any atom is 0.0871 e. The lowest BCUT2D eigenvalue weighted by Crippen LogP contribution is -2.40. The second kappa shape index (κ2) is 4.91. The molecule has 1 atom stereocenters. The van der Waals surface area contributed by atoms with Gasteiger partial charge in [-0.25, -0.2) is 0 Å². The second-order valence-corrected chi connectivity index (χ2v) is 5.42. The minimum absolute atomic E-state index is 0.0999. The third-order valence-corrected chi connectivity index (χ3v) is 4.39. The Morgan fingerprint density at radius 3 is 2.74 bits per heavy atom. The lowest BCUT2D eigenvalue weighted by Gasteiger charge is -2.34. The molecule has 2 aromatic rings. The first kappa shape index (κ1) is 12.6. The summed E-state index contributed by atoms with van der Waals surface area (Å²) in [5.41, 5.74) is 8.35. The van der Waals surface area contributed by atoms with E-state index in [1.807, 2.05) is 24.4 Å². The first-order valence-corrected chi connectivity index (χ1v) is 6.91. The summed E-state index contributed by atoms with van der Waals surface area (Å²) < 4.78 is 5.77. The SMILES string of the molecule is COC1(C(N)c2cnc3ccccc3c2)CCCC1. The number of benzene rings is 1. The van der Waals surface area contributed by atoms with Crippen LogP contribution >= 0.6 is 0 Å². The fourth-order valence-corrected chi connectivity index (χ4v) is 3.18. The van der Waals surface area contributed by atoms with Crippen LogP contribution in [0.3, 0.4) is 0 Å². The number of hydrogen-bond donors (Lipinski definition) is 1. The Labute approximate surface area is 113 Å². The van der Waals surface area contributed by atoms with E-state index in [1.54, 1.807) is 7.11 Å². The van der Waals surface area contributed by atoms with Crippen LogP contribution in [-0.4, -0.2) is 17.7 Å². The zero-order chi connectivity index (χ0) is 13.3. The number of methoxy groups -OCH3 is 1. The van der Waals surface area contributed by atoms with E-state index in [0.29, 0.717) is 0 Å². The first-order chi connectivity index (χ1) is 9.25. The Bertz CT molecular complexity index is 576. The van der Waals surface area contributed by atoms with E-state index in [1.165, 1.54) is 12.8 Å². The van der Waals surface area contributed by atoms with Crippen LogP contribution in [0.4, 0.5) is 0 Å². The molecule has 0 radical (unpaired) electrons. The molecule has 1 saturated carbocycles. The predicted octanol–water partition coefficient (Wildman–Crippen LogP) is 3.19. The predicted molar refractivity (Wildman–Crippen MR) is 76.9 cm³/mol. The number of nitrogens with two attached hydrogens (primary N) is 1. The molecule has 1 aliphatic rings. The molecule has 0 amide bonds. The van der Waals surface area contributed by atoms with Gasteiger partial charge in [0.25, 0.3) is 0 Å². The second-order valence-electron chi connectivity index (χ2n) is 5.42. The molecule has 3 heteroatoms. The van der Waals surface area contributed by atoms with Crippen LogP contribution in [0.15, 0.2) is 36.5 Å². The van der Waals surface area contributed by atoms with Gasteiger partial charge in [-0.2, -0.15) is 0 Å². The topological polar surface area (TPSA) is 48.1 Å². The summed E-state index contributed by atoms with van der Waals surface area (Å²) in [4.78, 5) is 4.50. The Kier molecular flexibility index (Phi) is 3.25. The zero-order valence-corrected chi connectivity index (χ0v) is 11.3. The number of ether oxygens (including phenoxy) is 1. The minimum atomic E-state index is -0.204. The highest BCUT2D eigenvalue weighted by atomic mass is 16.5. The van der Waals surface area contributed by atoms with Gasteiger partial charge in [0.05, 0.1) is 17.2 Å². The van der Waals surface area contributed by atoms with Crippen LogP contribution < -0.4 is 5.73 Å². The van der Waals surface area contributed by atoms with Crippen molar-refractivity contribution < 1.29 is 4.74 Å². The van der Waals surface area contributed by atoms with Crippen molar-refractivity contribution >= 4 is 10.9 Å². The molecule has 0 aliphatic heterocycles. The third kappa shape index (κ3) is 2.13. The molecule has 1 unspecified atom stereocenters. The van der Waals surface area contributed by atoms with Crippen LogP contribution in [0.1, 0.15) is 37.3 Å². The Morgan fingerprint density at radius 2 is 2.00 bits per heavy atom. The molecule has 0 bridgehead atoms. The highest BCUT2D eigenvalue weighted by Gasteiger charge is 2.40. The lowest BCUT2D eigenvalue weighted by molar-refractivity contribution is -0.0264. The normalized spacial score (nSPS) is 19.7. The molecule has 2 N–H and O–H groups in total. The standard InChI is InChI=1S/C16H20N2O/c1-19-16(8-4-5-9-16)15(17)13-10-12-6-2-3-7-14(12)18-11-13/h2-3,6-7,10-11,15H,4-5,8-9,17H2,1H3. The summed E-state index contributed by atoms with van der Waals surface area (Å²) in [6, 6.07) is 10.2. The van der Waals surface area contributed by atoms with Gasteiger partial charge in [-0.05, 0) is 30.5 Å². The molecule has 19 heavy (non-hydrogen) atoms. The van der Waals surface area contributed by atoms with Gasteiger partial charge < -0.3 is 10.5 Å². The van der Waals surface area contributed by atoms with Crippen LogP contribution in [0.25, 0.3) is 10.9 Å². The van der Waals surface area contributed by atoms with Gasteiger partial charge in [-0.1, -0.05) is 31.0 Å². The lowest BCUT2D eigenvalue weighted by atomic mass is 9.88. The number of aromatic nitrogens is 1. The van der Waals surface area contributed by atoms with Gasteiger partial charge >= 0.3 is 0 Å². The van der Waals surface area contributed by atoms with Crippen LogP contribution in [-0.2, 0) is 4.74 Å². The summed E-state index contributed by atoms with van der Waals surface area (Å²) >= 11 is 0. The molecule has 1 aromatic heterocycles. The maximum absolute atomic E-state index is 6.47. The highest BCUT2D eigenvalue weighted by molar-refractivity contribution is 5.78. The van der Waals surface area contributed by atoms with Crippen molar-refractivity contribution in [3.63, 3.8) is 0 Å². The van der Waals surface area contributed by atoms with Gasteiger partial charge in [0, 0.05) is 18.7 Å². The zero-order valence-electron chi connectivity index (χ0n) is 11.3. The number of fused-ring (bicyclic) bond motifs is 1. The molecule has 0 spiro atoms. The van der Waals surface area contributed by atoms with Gasteiger partial charge in [-0.3, -0.25) is 4.98 Å². The fourth-order valence-electron chi connectivity index (χ4n) is 3.18. The van der Waals surface area contributed by atoms with Crippen molar-refractivity contribution in [2.75, 3.05) is 7.11 Å². The van der Waals surface area contributed by atoms with E-state index < -0.39 is 0 Å². The minimum Gasteiger partial charge on any atom is -0.376 e. The number of pyridine rings is 1. The van der Waals surface area contributed by atoms with Crippen molar-refractivity contribution in [2.24, 2.45) is 5.73 Å². The number of hydrogen-bond acceptors (Lipinski definition) is 3. The van der Waals surface area contributed by atoms with Crippen LogP contribution in [0.5, 0.6) is 0 Å². The number of para-hydroxylation sites is 1. The average molecular weight is 256 g/mol. The van der Waals surface area contributed by atoms with Gasteiger partial charge in [0.1, 0.15) is 0 Å². The maximum atomic E-state index is 6.47. The molecule has 3 rings (SSSR count). The van der Waals surface area contributed by atoms with E-state index in [9.17, 15) is 0 Å². The van der Waals surface area contributed by atoms with E-state index in [-0.39, 0.29) is 11.6 Å². The monoisotopic (exact) mass is 256 g/mol. The summed E-state index contributed by atoms with van der Waals surface area (Å²) in [6.45, 7) is 0. The van der Waals surface area contributed by atoms with Crippen molar-refractivity contribution in [3.05, 3.63) is 42.1 Å². The van der Waals surface area contributed by atoms with Crippen molar-refractivity contribution in [2.45, 2.75) is 37.3 Å². The van der Waals surface area contributed by atoms with Crippen molar-refractivity contribution in [1.82, 2.24) is 4.98 Å². The highest BCUT2D eigenvalue weighted by Crippen LogP contribution is 2.41. The van der Waals surface area contributed by atoms with Gasteiger partial charge in [0.2, 0.25) is 0 Å². The van der Waals surface area contributed by atoms with Crippen LogP contribution in [0, 0.1) is 0 Å². The van der Waals surface area contributed by atoms with E-state index >= 15 is 0 Å². The summed E-state index contributed by atoms with van der Waals surface area (Å²) in [6.07, 6.45) is 6.37. The fraction of sp³-hybridized carbons (Fsp3) is 0.438. The molecule has 1 fully saturated rings. The molecule has 1 aliphatic carbocycles. The van der Waals surface area contributed by atoms with Gasteiger partial charge in [0.15, 0.2) is 0 Å². The quantitative estimate of drug-likeness (QED) is 0.917. The largest absolute Gasteiger partial charge is 0.376 e. The molecule has 100 valence electrons. The van der Waals surface area contributed by atoms with E-state index in [0.717, 1.165) is 29.3 Å². The summed E-state index contributed by atoms with van der Waals surface area (Å²) in [7, 11) is 1.78. The molecule has 1 heterocycles. The molecular formula is C16H20N2O. The van der Waals surface area contributed by atoms with Gasteiger partial charge in [-0.15, -0.1) is 0 Å². The average Bonchev–Trinajstić information content (AvgIpc) is 2.96. The third-order valence-electron chi connectivity index (χ3n) is 4.39. The van der Waals surface area contributed by atoms with Crippen LogP contribution in [0.2, 0.25) is 0 Å². The molecule has 3 nitrogen and oxygen atoms in total. The molecule has 0 saturated heterocycles. The summed E-state index contributed by atoms with van der Waals surface area (Å²) in [5, 5.41) is 1.14. The Hall–Kier alpha value is -1.45. The Morgan fingerprint density at radius 1 is 1.26 bits per heavy atom. The first-order valence-electron chi connectivity index (χ1n) is 6.91. The molecule has 1 aromatic carbocycles. The Balaban J connectivity index is 1.99. The number of rotatable bonds is 3. The number of nitrogens with zero attached hydrogens (tertiary/aromatic N) is 1. The molecular weight excluding hydrogens is 236 g/mol.